The van der Waals surface area contributed by atoms with Crippen molar-refractivity contribution in [2.24, 2.45) is 0 Å². The van der Waals surface area contributed by atoms with Crippen LogP contribution >= 0.6 is 34.8 Å². The maximum Gasteiger partial charge on any atom is 0.325 e. The summed E-state index contributed by atoms with van der Waals surface area (Å²) in [4.78, 5) is 13.1. The molecule has 13 heavy (non-hydrogen) atoms. The fraction of sp³-hybridized carbons (Fsp3) is 0.857. The van der Waals surface area contributed by atoms with E-state index in [0.717, 1.165) is 19.4 Å². The topological polar surface area (TPSA) is 29.5 Å². The van der Waals surface area contributed by atoms with Crippen LogP contribution in [0.1, 0.15) is 12.8 Å². The van der Waals surface area contributed by atoms with Crippen molar-refractivity contribution in [1.29, 1.82) is 0 Å². The highest BCUT2D eigenvalue weighted by molar-refractivity contribution is 6.68. The average Bonchev–Trinajstić information content (AvgIpc) is 2.51. The number of esters is 1. The van der Waals surface area contributed by atoms with Crippen LogP contribution in [-0.2, 0) is 9.53 Å². The molecule has 2 saturated heterocycles. The molecule has 6 heteroatoms. The van der Waals surface area contributed by atoms with Gasteiger partial charge in [-0.25, -0.2) is 0 Å². The van der Waals surface area contributed by atoms with Gasteiger partial charge in [0, 0.05) is 6.54 Å². The Morgan fingerprint density at radius 2 is 2.15 bits per heavy atom. The lowest BCUT2D eigenvalue weighted by atomic mass is 10.2. The summed E-state index contributed by atoms with van der Waals surface area (Å²) in [6, 6.07) is -0.194. The zero-order valence-corrected chi connectivity index (χ0v) is 8.94. The zero-order chi connectivity index (χ0) is 9.64. The lowest BCUT2D eigenvalue weighted by Crippen LogP contribution is -2.41. The van der Waals surface area contributed by atoms with Crippen LogP contribution in [0.5, 0.6) is 0 Å². The molecule has 2 rings (SSSR count). The number of fused-ring (bicyclic) bond motifs is 1. The standard InChI is InChI=1S/C7H8Cl3NO2/c8-7(9,10)6-11-3-1-2-4(11)5(12)13-6/h4,6H,1-3H2/t4-,6?/m0/s1. The van der Waals surface area contributed by atoms with E-state index in [9.17, 15) is 4.79 Å². The maximum atomic E-state index is 11.3. The number of halogens is 3. The number of cyclic esters (lactones) is 1. The predicted molar refractivity (Wildman–Crippen MR) is 49.9 cm³/mol. The number of hydrogen-bond acceptors (Lipinski definition) is 3. The summed E-state index contributed by atoms with van der Waals surface area (Å²) in [5.74, 6) is -0.270. The molecule has 0 aromatic rings. The minimum absolute atomic E-state index is 0.194. The molecule has 74 valence electrons. The molecule has 2 aliphatic heterocycles. The van der Waals surface area contributed by atoms with Gasteiger partial charge in [-0.2, -0.15) is 0 Å². The quantitative estimate of drug-likeness (QED) is 0.480. The summed E-state index contributed by atoms with van der Waals surface area (Å²) in [7, 11) is 0. The monoisotopic (exact) mass is 243 g/mol. The highest BCUT2D eigenvalue weighted by Crippen LogP contribution is 2.41. The normalized spacial score (nSPS) is 34.8. The van der Waals surface area contributed by atoms with E-state index >= 15 is 0 Å². The number of hydrogen-bond donors (Lipinski definition) is 0. The first kappa shape index (κ1) is 9.84. The molecular weight excluding hydrogens is 236 g/mol. The van der Waals surface area contributed by atoms with Gasteiger partial charge in [-0.15, -0.1) is 0 Å². The molecule has 0 amide bonds. The number of carbonyl (C=O) groups is 1. The van der Waals surface area contributed by atoms with Crippen molar-refractivity contribution in [3.8, 4) is 0 Å². The third-order valence-electron chi connectivity index (χ3n) is 2.38. The Hall–Kier alpha value is 0.300. The molecule has 2 atom stereocenters. The molecule has 0 bridgehead atoms. The van der Waals surface area contributed by atoms with Gasteiger partial charge in [0.05, 0.1) is 0 Å². The van der Waals surface area contributed by atoms with E-state index in [4.69, 9.17) is 39.5 Å². The Labute approximate surface area is 90.9 Å². The molecular formula is C7H8Cl3NO2. The van der Waals surface area contributed by atoms with E-state index < -0.39 is 10.0 Å². The van der Waals surface area contributed by atoms with Gasteiger partial charge in [0.25, 0.3) is 0 Å². The number of ether oxygens (including phenoxy) is 1. The van der Waals surface area contributed by atoms with Gasteiger partial charge in [0.2, 0.25) is 10.0 Å². The van der Waals surface area contributed by atoms with E-state index in [-0.39, 0.29) is 12.0 Å². The Bertz CT molecular complexity index is 240. The molecule has 2 aliphatic rings. The summed E-state index contributed by atoms with van der Waals surface area (Å²) < 4.78 is 3.44. The summed E-state index contributed by atoms with van der Waals surface area (Å²) in [5.41, 5.74) is 0. The largest absolute Gasteiger partial charge is 0.440 e. The van der Waals surface area contributed by atoms with Gasteiger partial charge in [0.1, 0.15) is 6.04 Å². The zero-order valence-electron chi connectivity index (χ0n) is 6.67. The Morgan fingerprint density at radius 3 is 2.77 bits per heavy atom. The number of nitrogens with zero attached hydrogens (tertiary/aromatic N) is 1. The Morgan fingerprint density at radius 1 is 1.46 bits per heavy atom. The van der Waals surface area contributed by atoms with Crippen molar-refractivity contribution in [3.63, 3.8) is 0 Å². The first-order chi connectivity index (χ1) is 6.00. The first-order valence-electron chi connectivity index (χ1n) is 4.03. The molecule has 2 fully saturated rings. The third-order valence-corrected chi connectivity index (χ3v) is 2.94. The van der Waals surface area contributed by atoms with Crippen molar-refractivity contribution in [1.82, 2.24) is 4.90 Å². The third kappa shape index (κ3) is 1.63. The van der Waals surface area contributed by atoms with E-state index in [1.54, 1.807) is 0 Å². The van der Waals surface area contributed by atoms with Gasteiger partial charge in [-0.1, -0.05) is 34.8 Å². The number of alkyl halides is 3. The van der Waals surface area contributed by atoms with Gasteiger partial charge in [-0.3, -0.25) is 9.69 Å². The lowest BCUT2D eigenvalue weighted by molar-refractivity contribution is -0.142. The van der Waals surface area contributed by atoms with Crippen LogP contribution in [0, 0.1) is 0 Å². The predicted octanol–water partition coefficient (Wildman–Crippen LogP) is 1.70. The van der Waals surface area contributed by atoms with Crippen LogP contribution in [0.15, 0.2) is 0 Å². The molecule has 0 saturated carbocycles. The van der Waals surface area contributed by atoms with Crippen LogP contribution in [0.25, 0.3) is 0 Å². The second-order valence-electron chi connectivity index (χ2n) is 3.23. The summed E-state index contributed by atoms with van der Waals surface area (Å²) in [6.07, 6.45) is 1.05. The van der Waals surface area contributed by atoms with Crippen LogP contribution in [0.2, 0.25) is 0 Å². The van der Waals surface area contributed by atoms with Crippen LogP contribution in [0.3, 0.4) is 0 Å². The molecule has 0 spiro atoms. The van der Waals surface area contributed by atoms with Crippen LogP contribution in [-0.4, -0.2) is 33.5 Å². The Kier molecular flexibility index (Phi) is 2.39. The van der Waals surface area contributed by atoms with Crippen molar-refractivity contribution >= 4 is 40.8 Å². The molecule has 0 N–H and O–H groups in total. The van der Waals surface area contributed by atoms with E-state index in [1.807, 2.05) is 4.90 Å². The molecule has 0 radical (unpaired) electrons. The van der Waals surface area contributed by atoms with Crippen molar-refractivity contribution in [2.75, 3.05) is 6.54 Å². The van der Waals surface area contributed by atoms with E-state index in [0.29, 0.717) is 0 Å². The Balaban J connectivity index is 2.20. The van der Waals surface area contributed by atoms with E-state index in [1.165, 1.54) is 0 Å². The average molecular weight is 245 g/mol. The lowest BCUT2D eigenvalue weighted by Gasteiger charge is -2.25. The van der Waals surface area contributed by atoms with Crippen molar-refractivity contribution in [3.05, 3.63) is 0 Å². The highest BCUT2D eigenvalue weighted by atomic mass is 35.6. The maximum absolute atomic E-state index is 11.3. The summed E-state index contributed by atoms with van der Waals surface area (Å²) in [6.45, 7) is 0.759. The molecule has 3 nitrogen and oxygen atoms in total. The van der Waals surface area contributed by atoms with Crippen molar-refractivity contribution in [2.45, 2.75) is 28.9 Å². The van der Waals surface area contributed by atoms with Gasteiger partial charge >= 0.3 is 5.97 Å². The van der Waals surface area contributed by atoms with E-state index in [2.05, 4.69) is 0 Å². The second-order valence-corrected chi connectivity index (χ2v) is 5.60. The molecule has 1 unspecified atom stereocenters. The minimum atomic E-state index is -1.55. The van der Waals surface area contributed by atoms with Gasteiger partial charge in [-0.05, 0) is 12.8 Å². The van der Waals surface area contributed by atoms with Crippen LogP contribution < -0.4 is 0 Å². The molecule has 0 aromatic heterocycles. The minimum Gasteiger partial charge on any atom is -0.440 e. The molecule has 0 aromatic carbocycles. The molecule has 2 heterocycles. The summed E-state index contributed by atoms with van der Waals surface area (Å²) in [5, 5.41) is 0. The molecule has 0 aliphatic carbocycles. The van der Waals surface area contributed by atoms with Gasteiger partial charge in [0.15, 0.2) is 0 Å². The fourth-order valence-electron chi connectivity index (χ4n) is 1.83. The van der Waals surface area contributed by atoms with Crippen LogP contribution in [0.4, 0.5) is 0 Å². The first-order valence-corrected chi connectivity index (χ1v) is 5.16. The fourth-order valence-corrected chi connectivity index (χ4v) is 2.34. The smallest absolute Gasteiger partial charge is 0.325 e. The number of rotatable bonds is 0. The summed E-state index contributed by atoms with van der Waals surface area (Å²) >= 11 is 17.0. The number of carbonyl (C=O) groups excluding carboxylic acids is 1. The van der Waals surface area contributed by atoms with Gasteiger partial charge < -0.3 is 4.74 Å². The highest BCUT2D eigenvalue weighted by Gasteiger charge is 2.52. The second kappa shape index (κ2) is 3.16. The van der Waals surface area contributed by atoms with Crippen molar-refractivity contribution < 1.29 is 9.53 Å². The SMILES string of the molecule is O=C1OC(C(Cl)(Cl)Cl)N2CCC[C@@H]12.